The minimum atomic E-state index is -3.40. The van der Waals surface area contributed by atoms with Gasteiger partial charge in [0.15, 0.2) is 0 Å². The van der Waals surface area contributed by atoms with E-state index >= 15 is 0 Å². The molecule has 1 fully saturated rings. The molecule has 0 atom stereocenters. The highest BCUT2D eigenvalue weighted by Gasteiger charge is 2.27. The second-order valence-electron chi connectivity index (χ2n) is 6.69. The first-order chi connectivity index (χ1) is 12.4. The molecule has 7 heteroatoms. The second kappa shape index (κ2) is 7.90. The summed E-state index contributed by atoms with van der Waals surface area (Å²) in [5.41, 5.74) is 2.69. The maximum atomic E-state index is 12.7. The molecule has 1 aromatic carbocycles. The number of thiophene rings is 1. The van der Waals surface area contributed by atoms with Crippen molar-refractivity contribution in [2.45, 2.75) is 43.9 Å². The van der Waals surface area contributed by atoms with Crippen LogP contribution >= 0.6 is 11.3 Å². The molecule has 0 bridgehead atoms. The molecule has 1 aromatic heterocycles. The highest BCUT2D eigenvalue weighted by molar-refractivity contribution is 7.91. The molecule has 3 rings (SSSR count). The van der Waals surface area contributed by atoms with Crippen LogP contribution in [0.25, 0.3) is 0 Å². The Labute approximate surface area is 159 Å². The molecule has 0 unspecified atom stereocenters. The first kappa shape index (κ1) is 19.1. The van der Waals surface area contributed by atoms with E-state index in [1.54, 1.807) is 16.4 Å². The van der Waals surface area contributed by atoms with E-state index in [1.807, 2.05) is 32.0 Å². The van der Waals surface area contributed by atoms with Crippen LogP contribution < -0.4 is 5.32 Å². The lowest BCUT2D eigenvalue weighted by atomic mass is 10.1. The Hall–Kier alpha value is -1.70. The molecule has 2 aromatic rings. The number of aryl methyl sites for hydroxylation is 2. The molecule has 140 valence electrons. The number of hydrogen-bond donors (Lipinski definition) is 1. The third-order valence-electron chi connectivity index (χ3n) is 4.60. The van der Waals surface area contributed by atoms with Gasteiger partial charge in [-0.2, -0.15) is 4.31 Å². The van der Waals surface area contributed by atoms with Crippen LogP contribution in [-0.2, 0) is 16.6 Å². The standard InChI is InChI=1S/C19H24N2O3S2/c1-14-6-8-17(15(2)12-14)19(22)20-13-16-7-9-18(25-16)26(23,24)21-10-4-3-5-11-21/h6-9,12H,3-5,10-11,13H2,1-2H3,(H,20,22). The number of carbonyl (C=O) groups is 1. The van der Waals surface area contributed by atoms with E-state index in [1.165, 1.54) is 11.3 Å². The molecule has 2 heterocycles. The van der Waals surface area contributed by atoms with Gasteiger partial charge in [0, 0.05) is 23.5 Å². The monoisotopic (exact) mass is 392 g/mol. The second-order valence-corrected chi connectivity index (χ2v) is 10.0. The number of carbonyl (C=O) groups excluding carboxylic acids is 1. The van der Waals surface area contributed by atoms with E-state index in [4.69, 9.17) is 0 Å². The van der Waals surface area contributed by atoms with Crippen LogP contribution in [0.5, 0.6) is 0 Å². The van der Waals surface area contributed by atoms with Gasteiger partial charge in [0.2, 0.25) is 0 Å². The fourth-order valence-corrected chi connectivity index (χ4v) is 6.12. The molecular formula is C19H24N2O3S2. The van der Waals surface area contributed by atoms with Crippen molar-refractivity contribution in [3.8, 4) is 0 Å². The molecule has 0 radical (unpaired) electrons. The summed E-state index contributed by atoms with van der Waals surface area (Å²) < 4.78 is 27.3. The number of amides is 1. The highest BCUT2D eigenvalue weighted by atomic mass is 32.2. The van der Waals surface area contributed by atoms with Gasteiger partial charge in [0.05, 0.1) is 6.54 Å². The number of hydrogen-bond acceptors (Lipinski definition) is 4. The number of nitrogens with zero attached hydrogens (tertiary/aromatic N) is 1. The Bertz CT molecular complexity index is 897. The van der Waals surface area contributed by atoms with Gasteiger partial charge in [-0.3, -0.25) is 4.79 Å². The maximum Gasteiger partial charge on any atom is 0.252 e. The third-order valence-corrected chi connectivity index (χ3v) is 8.05. The number of sulfonamides is 1. The van der Waals surface area contributed by atoms with E-state index in [2.05, 4.69) is 5.32 Å². The summed E-state index contributed by atoms with van der Waals surface area (Å²) in [7, 11) is -3.40. The quantitative estimate of drug-likeness (QED) is 0.847. The van der Waals surface area contributed by atoms with Gasteiger partial charge >= 0.3 is 0 Å². The highest BCUT2D eigenvalue weighted by Crippen LogP contribution is 2.27. The molecule has 1 aliphatic heterocycles. The van der Waals surface area contributed by atoms with Crippen LogP contribution in [0.15, 0.2) is 34.5 Å². The average molecular weight is 393 g/mol. The van der Waals surface area contributed by atoms with Crippen LogP contribution in [0, 0.1) is 13.8 Å². The fourth-order valence-electron chi connectivity index (χ4n) is 3.16. The third kappa shape index (κ3) is 4.16. The number of rotatable bonds is 5. The van der Waals surface area contributed by atoms with Crippen LogP contribution in [0.1, 0.15) is 45.6 Å². The van der Waals surface area contributed by atoms with Crippen molar-refractivity contribution in [3.05, 3.63) is 51.9 Å². The molecule has 1 aliphatic rings. The Morgan fingerprint density at radius 1 is 1.12 bits per heavy atom. The van der Waals surface area contributed by atoms with Crippen LogP contribution in [0.3, 0.4) is 0 Å². The summed E-state index contributed by atoms with van der Waals surface area (Å²) in [5.74, 6) is -0.142. The summed E-state index contributed by atoms with van der Waals surface area (Å²) in [5, 5.41) is 2.88. The van der Waals surface area contributed by atoms with Crippen LogP contribution in [-0.4, -0.2) is 31.7 Å². The first-order valence-electron chi connectivity index (χ1n) is 8.82. The molecular weight excluding hydrogens is 368 g/mol. The van der Waals surface area contributed by atoms with E-state index in [0.29, 0.717) is 29.4 Å². The summed E-state index contributed by atoms with van der Waals surface area (Å²) >= 11 is 1.23. The van der Waals surface area contributed by atoms with E-state index < -0.39 is 10.0 Å². The minimum absolute atomic E-state index is 0.142. The van der Waals surface area contributed by atoms with Gasteiger partial charge in [-0.15, -0.1) is 11.3 Å². The number of nitrogens with one attached hydrogen (secondary N) is 1. The fraction of sp³-hybridized carbons (Fsp3) is 0.421. The number of benzene rings is 1. The normalized spacial score (nSPS) is 15.8. The Morgan fingerprint density at radius 2 is 1.85 bits per heavy atom. The van der Waals surface area contributed by atoms with Crippen molar-refractivity contribution in [2.75, 3.05) is 13.1 Å². The Kier molecular flexibility index (Phi) is 5.79. The lowest BCUT2D eigenvalue weighted by molar-refractivity contribution is 0.0950. The smallest absolute Gasteiger partial charge is 0.252 e. The SMILES string of the molecule is Cc1ccc(C(=O)NCc2ccc(S(=O)(=O)N3CCCCC3)s2)c(C)c1. The van der Waals surface area contributed by atoms with Crippen molar-refractivity contribution < 1.29 is 13.2 Å². The zero-order valence-electron chi connectivity index (χ0n) is 15.1. The van der Waals surface area contributed by atoms with E-state index in [-0.39, 0.29) is 5.91 Å². The van der Waals surface area contributed by atoms with Crippen molar-refractivity contribution in [3.63, 3.8) is 0 Å². The average Bonchev–Trinajstić information content (AvgIpc) is 3.10. The van der Waals surface area contributed by atoms with Crippen LogP contribution in [0.4, 0.5) is 0 Å². The van der Waals surface area contributed by atoms with Gasteiger partial charge in [-0.25, -0.2) is 8.42 Å². The van der Waals surface area contributed by atoms with Gasteiger partial charge in [0.1, 0.15) is 4.21 Å². The molecule has 0 saturated carbocycles. The molecule has 5 nitrogen and oxygen atoms in total. The van der Waals surface area contributed by atoms with Gasteiger partial charge < -0.3 is 5.32 Å². The van der Waals surface area contributed by atoms with Gasteiger partial charge in [0.25, 0.3) is 15.9 Å². The van der Waals surface area contributed by atoms with Gasteiger partial charge in [-0.05, 0) is 50.5 Å². The molecule has 1 saturated heterocycles. The molecule has 1 amide bonds. The Morgan fingerprint density at radius 3 is 2.54 bits per heavy atom. The first-order valence-corrected chi connectivity index (χ1v) is 11.1. The molecule has 1 N–H and O–H groups in total. The lowest BCUT2D eigenvalue weighted by Gasteiger charge is -2.25. The van der Waals surface area contributed by atoms with Crippen LogP contribution in [0.2, 0.25) is 0 Å². The summed E-state index contributed by atoms with van der Waals surface area (Å²) in [6.45, 7) is 5.42. The van der Waals surface area contributed by atoms with E-state index in [0.717, 1.165) is 35.3 Å². The Balaban J connectivity index is 1.66. The summed E-state index contributed by atoms with van der Waals surface area (Å²) in [6.07, 6.45) is 2.93. The number of piperidine rings is 1. The van der Waals surface area contributed by atoms with E-state index in [9.17, 15) is 13.2 Å². The molecule has 0 aliphatic carbocycles. The summed E-state index contributed by atoms with van der Waals surface area (Å²) in [4.78, 5) is 13.2. The summed E-state index contributed by atoms with van der Waals surface area (Å²) in [6, 6.07) is 9.14. The maximum absolute atomic E-state index is 12.7. The van der Waals surface area contributed by atoms with Crippen molar-refractivity contribution in [1.82, 2.24) is 9.62 Å². The van der Waals surface area contributed by atoms with Gasteiger partial charge in [-0.1, -0.05) is 24.1 Å². The predicted octanol–water partition coefficient (Wildman–Crippen LogP) is 3.47. The molecule has 0 spiro atoms. The topological polar surface area (TPSA) is 66.5 Å². The lowest BCUT2D eigenvalue weighted by Crippen LogP contribution is -2.35. The largest absolute Gasteiger partial charge is 0.347 e. The molecule has 26 heavy (non-hydrogen) atoms. The zero-order valence-corrected chi connectivity index (χ0v) is 16.8. The minimum Gasteiger partial charge on any atom is -0.347 e. The van der Waals surface area contributed by atoms with Crippen molar-refractivity contribution >= 4 is 27.3 Å². The van der Waals surface area contributed by atoms with Crippen molar-refractivity contribution in [1.29, 1.82) is 0 Å². The van der Waals surface area contributed by atoms with Crippen molar-refractivity contribution in [2.24, 2.45) is 0 Å². The predicted molar refractivity (Wildman–Crippen MR) is 104 cm³/mol. The zero-order chi connectivity index (χ0) is 18.7.